The first-order valence-electron chi connectivity index (χ1n) is 12.4. The Bertz CT molecular complexity index is 1540. The molecular formula is C30H27N5O2. The van der Waals surface area contributed by atoms with Crippen molar-refractivity contribution in [3.8, 4) is 28.3 Å². The summed E-state index contributed by atoms with van der Waals surface area (Å²) in [5.41, 5.74) is 5.14. The van der Waals surface area contributed by atoms with Crippen molar-refractivity contribution < 1.29 is 9.53 Å². The van der Waals surface area contributed by atoms with Crippen molar-refractivity contribution in [3.05, 3.63) is 103 Å². The molecule has 7 heteroatoms. The number of para-hydroxylation sites is 1. The number of hydrogen-bond donors (Lipinski definition) is 0. The number of fused-ring (bicyclic) bond motifs is 1. The van der Waals surface area contributed by atoms with Crippen LogP contribution in [0.1, 0.15) is 10.4 Å². The molecule has 0 bridgehead atoms. The quantitative estimate of drug-likeness (QED) is 0.346. The van der Waals surface area contributed by atoms with E-state index in [4.69, 9.17) is 14.8 Å². The van der Waals surface area contributed by atoms with E-state index in [0.717, 1.165) is 45.3 Å². The Labute approximate surface area is 215 Å². The highest BCUT2D eigenvalue weighted by molar-refractivity contribution is 5.94. The van der Waals surface area contributed by atoms with Crippen LogP contribution in [0, 0.1) is 0 Å². The molecule has 0 unspecified atom stereocenters. The first-order valence-corrected chi connectivity index (χ1v) is 12.4. The van der Waals surface area contributed by atoms with Gasteiger partial charge < -0.3 is 14.5 Å². The van der Waals surface area contributed by atoms with Crippen molar-refractivity contribution in [2.75, 3.05) is 38.2 Å². The van der Waals surface area contributed by atoms with Crippen molar-refractivity contribution in [2.45, 2.75) is 0 Å². The highest BCUT2D eigenvalue weighted by Gasteiger charge is 2.25. The van der Waals surface area contributed by atoms with Crippen LogP contribution >= 0.6 is 0 Å². The highest BCUT2D eigenvalue weighted by atomic mass is 16.5. The van der Waals surface area contributed by atoms with E-state index >= 15 is 0 Å². The lowest BCUT2D eigenvalue weighted by molar-refractivity contribution is 0.0746. The number of hydrogen-bond acceptors (Lipinski definition) is 5. The third kappa shape index (κ3) is 4.40. The van der Waals surface area contributed by atoms with E-state index in [0.29, 0.717) is 26.2 Å². The number of benzene rings is 3. The minimum Gasteiger partial charge on any atom is -0.496 e. The first-order chi connectivity index (χ1) is 18.2. The summed E-state index contributed by atoms with van der Waals surface area (Å²) in [5, 5.41) is 4.96. The van der Waals surface area contributed by atoms with E-state index in [1.165, 1.54) is 0 Å². The van der Waals surface area contributed by atoms with Crippen molar-refractivity contribution in [3.63, 3.8) is 0 Å². The summed E-state index contributed by atoms with van der Waals surface area (Å²) < 4.78 is 7.49. The Hall–Kier alpha value is -4.65. The van der Waals surface area contributed by atoms with Crippen molar-refractivity contribution in [1.82, 2.24) is 19.5 Å². The van der Waals surface area contributed by atoms with Gasteiger partial charge in [-0.2, -0.15) is 9.61 Å². The summed E-state index contributed by atoms with van der Waals surface area (Å²) in [7, 11) is 1.67. The second-order valence-corrected chi connectivity index (χ2v) is 9.01. The van der Waals surface area contributed by atoms with E-state index in [1.807, 2.05) is 88.3 Å². The second-order valence-electron chi connectivity index (χ2n) is 9.01. The molecule has 3 heterocycles. The molecule has 1 fully saturated rings. The van der Waals surface area contributed by atoms with Crippen LogP contribution in [0.25, 0.3) is 28.2 Å². The molecule has 1 aliphatic heterocycles. The van der Waals surface area contributed by atoms with Gasteiger partial charge in [0.05, 0.1) is 18.5 Å². The van der Waals surface area contributed by atoms with Gasteiger partial charge in [-0.25, -0.2) is 4.98 Å². The Morgan fingerprint density at radius 2 is 1.46 bits per heavy atom. The zero-order valence-electron chi connectivity index (χ0n) is 20.6. The minimum atomic E-state index is 0.0719. The summed E-state index contributed by atoms with van der Waals surface area (Å²) in [6, 6.07) is 31.6. The van der Waals surface area contributed by atoms with Crippen LogP contribution in [-0.2, 0) is 0 Å². The molecule has 0 radical (unpaired) electrons. The molecule has 37 heavy (non-hydrogen) atoms. The highest BCUT2D eigenvalue weighted by Crippen LogP contribution is 2.32. The average molecular weight is 490 g/mol. The van der Waals surface area contributed by atoms with Gasteiger partial charge in [-0.15, -0.1) is 0 Å². The van der Waals surface area contributed by atoms with Crippen molar-refractivity contribution >= 4 is 17.4 Å². The largest absolute Gasteiger partial charge is 0.496 e. The normalized spacial score (nSPS) is 13.6. The van der Waals surface area contributed by atoms with Gasteiger partial charge in [0.15, 0.2) is 5.65 Å². The number of amides is 1. The van der Waals surface area contributed by atoms with E-state index in [2.05, 4.69) is 23.1 Å². The van der Waals surface area contributed by atoms with Gasteiger partial charge in [0, 0.05) is 55.0 Å². The Balaban J connectivity index is 1.37. The van der Waals surface area contributed by atoms with Gasteiger partial charge in [-0.05, 0) is 24.3 Å². The lowest BCUT2D eigenvalue weighted by Crippen LogP contribution is -2.49. The monoisotopic (exact) mass is 489 g/mol. The number of carbonyl (C=O) groups is 1. The molecule has 5 aromatic rings. The molecular weight excluding hydrogens is 462 g/mol. The fourth-order valence-electron chi connectivity index (χ4n) is 4.83. The van der Waals surface area contributed by atoms with E-state index < -0.39 is 0 Å². The van der Waals surface area contributed by atoms with E-state index in [9.17, 15) is 4.79 Å². The molecule has 3 aromatic carbocycles. The Kier molecular flexibility index (Phi) is 6.02. The molecule has 1 saturated heterocycles. The number of carbonyl (C=O) groups excluding carboxylic acids is 1. The lowest BCUT2D eigenvalue weighted by Gasteiger charge is -2.36. The molecule has 0 spiro atoms. The smallest absolute Gasteiger partial charge is 0.253 e. The predicted molar refractivity (Wildman–Crippen MR) is 145 cm³/mol. The van der Waals surface area contributed by atoms with Crippen LogP contribution in [0.4, 0.5) is 5.82 Å². The number of aromatic nitrogens is 3. The van der Waals surface area contributed by atoms with Gasteiger partial charge in [-0.3, -0.25) is 4.79 Å². The maximum absolute atomic E-state index is 13.0. The first kappa shape index (κ1) is 22.8. The van der Waals surface area contributed by atoms with Crippen LogP contribution < -0.4 is 9.64 Å². The predicted octanol–water partition coefficient (Wildman–Crippen LogP) is 5.03. The maximum atomic E-state index is 13.0. The Morgan fingerprint density at radius 3 is 2.19 bits per heavy atom. The molecule has 184 valence electrons. The standard InChI is InChI=1S/C30H27N5O2/c1-37-27-15-9-8-14-24(27)26-20-28-31-25(22-10-4-2-5-11-22)21-29(35(28)32-26)33-16-18-34(19-17-33)30(36)23-12-6-3-7-13-23/h2-15,20-21H,16-19H2,1H3. The minimum absolute atomic E-state index is 0.0719. The van der Waals surface area contributed by atoms with Crippen molar-refractivity contribution in [2.24, 2.45) is 0 Å². The zero-order chi connectivity index (χ0) is 25.2. The van der Waals surface area contributed by atoms with Crippen LogP contribution in [0.2, 0.25) is 0 Å². The molecule has 1 amide bonds. The van der Waals surface area contributed by atoms with Crippen LogP contribution in [-0.4, -0.2) is 58.7 Å². The summed E-state index contributed by atoms with van der Waals surface area (Å²) in [6.45, 7) is 2.68. The summed E-state index contributed by atoms with van der Waals surface area (Å²) >= 11 is 0. The Morgan fingerprint density at radius 1 is 0.784 bits per heavy atom. The lowest BCUT2D eigenvalue weighted by atomic mass is 10.1. The third-order valence-electron chi connectivity index (χ3n) is 6.77. The molecule has 0 aliphatic carbocycles. The molecule has 1 aliphatic rings. The number of rotatable bonds is 5. The topological polar surface area (TPSA) is 63.0 Å². The van der Waals surface area contributed by atoms with E-state index in [1.54, 1.807) is 7.11 Å². The number of piperazine rings is 1. The number of ether oxygens (including phenoxy) is 1. The second kappa shape index (κ2) is 9.78. The number of methoxy groups -OCH3 is 1. The number of anilines is 1. The fraction of sp³-hybridized carbons (Fsp3) is 0.167. The fourth-order valence-corrected chi connectivity index (χ4v) is 4.83. The number of nitrogens with zero attached hydrogens (tertiary/aromatic N) is 5. The summed E-state index contributed by atoms with van der Waals surface area (Å²) in [6.07, 6.45) is 0. The SMILES string of the molecule is COc1ccccc1-c1cc2nc(-c3ccccc3)cc(N3CCN(C(=O)c4ccccc4)CC3)n2n1. The summed E-state index contributed by atoms with van der Waals surface area (Å²) in [4.78, 5) is 22.1. The van der Waals surface area contributed by atoms with Crippen LogP contribution in [0.3, 0.4) is 0 Å². The molecule has 0 saturated carbocycles. The van der Waals surface area contributed by atoms with Crippen LogP contribution in [0.5, 0.6) is 5.75 Å². The van der Waals surface area contributed by atoms with Gasteiger partial charge in [0.1, 0.15) is 11.6 Å². The summed E-state index contributed by atoms with van der Waals surface area (Å²) in [5.74, 6) is 1.79. The van der Waals surface area contributed by atoms with Gasteiger partial charge in [0.2, 0.25) is 0 Å². The van der Waals surface area contributed by atoms with Gasteiger partial charge in [0.25, 0.3) is 5.91 Å². The molecule has 6 rings (SSSR count). The molecule has 0 N–H and O–H groups in total. The van der Waals surface area contributed by atoms with Gasteiger partial charge >= 0.3 is 0 Å². The maximum Gasteiger partial charge on any atom is 0.253 e. The molecule has 7 nitrogen and oxygen atoms in total. The molecule has 0 atom stereocenters. The van der Waals surface area contributed by atoms with Crippen molar-refractivity contribution in [1.29, 1.82) is 0 Å². The third-order valence-corrected chi connectivity index (χ3v) is 6.77. The van der Waals surface area contributed by atoms with Gasteiger partial charge in [-0.1, -0.05) is 60.7 Å². The average Bonchev–Trinajstić information content (AvgIpc) is 3.41. The van der Waals surface area contributed by atoms with Crippen LogP contribution in [0.15, 0.2) is 97.1 Å². The molecule has 2 aromatic heterocycles. The van der Waals surface area contributed by atoms with E-state index in [-0.39, 0.29) is 5.91 Å². The zero-order valence-corrected chi connectivity index (χ0v) is 20.6.